The van der Waals surface area contributed by atoms with Gasteiger partial charge >= 0.3 is 0 Å². The number of allylic oxidation sites excluding steroid dienone is 1. The normalized spacial score (nSPS) is 16.7. The van der Waals surface area contributed by atoms with Crippen molar-refractivity contribution in [1.29, 1.82) is 5.26 Å². The van der Waals surface area contributed by atoms with E-state index in [0.29, 0.717) is 16.4 Å². The predicted octanol–water partition coefficient (Wildman–Crippen LogP) is 3.87. The lowest BCUT2D eigenvalue weighted by Gasteiger charge is -2.25. The third kappa shape index (κ3) is 3.92. The second-order valence-corrected chi connectivity index (χ2v) is 6.77. The van der Waals surface area contributed by atoms with Gasteiger partial charge in [-0.3, -0.25) is 14.9 Å². The zero-order chi connectivity index (χ0) is 18.5. The Balaban J connectivity index is 1.82. The Morgan fingerprint density at radius 1 is 1.19 bits per heavy atom. The third-order valence-electron chi connectivity index (χ3n) is 4.09. The molecule has 7 heteroatoms. The maximum absolute atomic E-state index is 12.1. The predicted molar refractivity (Wildman–Crippen MR) is 99.0 cm³/mol. The second-order valence-electron chi connectivity index (χ2n) is 5.78. The fourth-order valence-electron chi connectivity index (χ4n) is 2.77. The van der Waals surface area contributed by atoms with Gasteiger partial charge in [0.25, 0.3) is 5.69 Å². The quantitative estimate of drug-likeness (QED) is 0.641. The van der Waals surface area contributed by atoms with Gasteiger partial charge in [0.1, 0.15) is 0 Å². The molecule has 0 aromatic heterocycles. The van der Waals surface area contributed by atoms with Crippen molar-refractivity contribution in [2.24, 2.45) is 0 Å². The number of thioether (sulfide) groups is 1. The van der Waals surface area contributed by atoms with Gasteiger partial charge < -0.3 is 5.32 Å². The first-order valence-corrected chi connectivity index (χ1v) is 8.92. The summed E-state index contributed by atoms with van der Waals surface area (Å²) >= 11 is 1.35. The molecule has 1 N–H and O–H groups in total. The summed E-state index contributed by atoms with van der Waals surface area (Å²) in [4.78, 5) is 22.4. The van der Waals surface area contributed by atoms with Crippen molar-refractivity contribution in [3.63, 3.8) is 0 Å². The number of nitrogens with one attached hydrogen (secondary N) is 1. The van der Waals surface area contributed by atoms with Crippen LogP contribution in [0, 0.1) is 21.4 Å². The molecule has 2 aromatic carbocycles. The number of non-ortho nitro benzene ring substituents is 1. The summed E-state index contributed by atoms with van der Waals surface area (Å²) in [6.45, 7) is 0. The van der Waals surface area contributed by atoms with E-state index >= 15 is 0 Å². The van der Waals surface area contributed by atoms with Crippen LogP contribution in [0.3, 0.4) is 0 Å². The molecule has 3 rings (SSSR count). The van der Waals surface area contributed by atoms with Gasteiger partial charge in [0.15, 0.2) is 0 Å². The molecule has 0 fully saturated rings. The molecule has 0 unspecified atom stereocenters. The van der Waals surface area contributed by atoms with Crippen LogP contribution < -0.4 is 5.32 Å². The van der Waals surface area contributed by atoms with Crippen molar-refractivity contribution in [3.8, 4) is 6.07 Å². The minimum atomic E-state index is -0.445. The summed E-state index contributed by atoms with van der Waals surface area (Å²) in [5, 5.41) is 23.7. The number of benzene rings is 2. The van der Waals surface area contributed by atoms with Gasteiger partial charge in [0.2, 0.25) is 5.91 Å². The molecule has 1 atom stereocenters. The molecule has 0 spiro atoms. The molecule has 0 bridgehead atoms. The van der Waals surface area contributed by atoms with E-state index in [4.69, 9.17) is 0 Å². The van der Waals surface area contributed by atoms with Crippen molar-refractivity contribution in [2.45, 2.75) is 18.1 Å². The van der Waals surface area contributed by atoms with Crippen LogP contribution >= 0.6 is 11.8 Å². The van der Waals surface area contributed by atoms with Gasteiger partial charge in [-0.25, -0.2) is 0 Å². The van der Waals surface area contributed by atoms with Gasteiger partial charge in [-0.15, -0.1) is 11.8 Å². The van der Waals surface area contributed by atoms with E-state index in [2.05, 4.69) is 11.4 Å². The average Bonchev–Trinajstić information content (AvgIpc) is 2.67. The number of carbonyl (C=O) groups excluding carboxylic acids is 1. The lowest BCUT2D eigenvalue weighted by molar-refractivity contribution is -0.384. The summed E-state index contributed by atoms with van der Waals surface area (Å²) in [5.41, 5.74) is 2.39. The zero-order valence-corrected chi connectivity index (χ0v) is 14.5. The number of carbonyl (C=O) groups is 1. The van der Waals surface area contributed by atoms with E-state index in [9.17, 15) is 20.2 Å². The summed E-state index contributed by atoms with van der Waals surface area (Å²) in [7, 11) is 0. The van der Waals surface area contributed by atoms with Gasteiger partial charge in [0.05, 0.1) is 21.6 Å². The fourth-order valence-corrected chi connectivity index (χ4v) is 3.81. The molecule has 1 heterocycles. The highest BCUT2D eigenvalue weighted by atomic mass is 32.2. The van der Waals surface area contributed by atoms with Crippen molar-refractivity contribution in [2.75, 3.05) is 0 Å². The minimum Gasteiger partial charge on any atom is -0.320 e. The number of nitro groups is 1. The number of hydrogen-bond donors (Lipinski definition) is 1. The summed E-state index contributed by atoms with van der Waals surface area (Å²) < 4.78 is 0. The van der Waals surface area contributed by atoms with Crippen LogP contribution in [-0.4, -0.2) is 10.8 Å². The van der Waals surface area contributed by atoms with Gasteiger partial charge in [-0.2, -0.15) is 5.26 Å². The fraction of sp³-hybridized carbons (Fsp3) is 0.158. The van der Waals surface area contributed by atoms with Crippen molar-refractivity contribution >= 4 is 23.4 Å². The van der Waals surface area contributed by atoms with E-state index in [1.807, 2.05) is 30.3 Å². The summed E-state index contributed by atoms with van der Waals surface area (Å²) in [5.74, 6) is 0.124. The zero-order valence-electron chi connectivity index (χ0n) is 13.7. The number of nitriles is 1. The highest BCUT2D eigenvalue weighted by Gasteiger charge is 2.29. The average molecular weight is 365 g/mol. The number of nitro benzene ring substituents is 1. The largest absolute Gasteiger partial charge is 0.320 e. The van der Waals surface area contributed by atoms with E-state index in [1.54, 1.807) is 12.1 Å². The van der Waals surface area contributed by atoms with E-state index in [1.165, 1.54) is 23.9 Å². The Bertz CT molecular complexity index is 902. The van der Waals surface area contributed by atoms with Crippen LogP contribution in [0.15, 0.2) is 65.2 Å². The number of hydrogen-bond acceptors (Lipinski definition) is 5. The van der Waals surface area contributed by atoms with Crippen LogP contribution in [0.25, 0.3) is 0 Å². The summed E-state index contributed by atoms with van der Waals surface area (Å²) in [6, 6.07) is 18.0. The first-order valence-electron chi connectivity index (χ1n) is 7.93. The Morgan fingerprint density at radius 2 is 1.88 bits per heavy atom. The SMILES string of the molecule is N#CC1=C(SCc2ccc([N+](=O)[O-])cc2)NC(=O)C[C@H]1c1ccccc1. The molecule has 130 valence electrons. The Labute approximate surface area is 154 Å². The Morgan fingerprint density at radius 3 is 2.50 bits per heavy atom. The van der Waals surface area contributed by atoms with E-state index in [-0.39, 0.29) is 23.9 Å². The molecular weight excluding hydrogens is 350 g/mol. The molecule has 0 radical (unpaired) electrons. The van der Waals surface area contributed by atoms with E-state index in [0.717, 1.165) is 11.1 Å². The molecule has 2 aromatic rings. The molecule has 0 aliphatic carbocycles. The number of rotatable bonds is 5. The molecule has 1 amide bonds. The Hall–Kier alpha value is -3.11. The molecular formula is C19H15N3O3S. The number of amides is 1. The van der Waals surface area contributed by atoms with Crippen LogP contribution in [0.1, 0.15) is 23.5 Å². The van der Waals surface area contributed by atoms with Crippen LogP contribution in [-0.2, 0) is 10.5 Å². The van der Waals surface area contributed by atoms with Crippen molar-refractivity contribution in [1.82, 2.24) is 5.32 Å². The van der Waals surface area contributed by atoms with Crippen LogP contribution in [0.4, 0.5) is 5.69 Å². The molecule has 0 saturated carbocycles. The molecule has 6 nitrogen and oxygen atoms in total. The molecule has 0 saturated heterocycles. The van der Waals surface area contributed by atoms with Gasteiger partial charge in [-0.1, -0.05) is 42.5 Å². The maximum Gasteiger partial charge on any atom is 0.269 e. The third-order valence-corrected chi connectivity index (χ3v) is 5.18. The van der Waals surface area contributed by atoms with Crippen LogP contribution in [0.2, 0.25) is 0 Å². The maximum atomic E-state index is 12.1. The Kier molecular flexibility index (Phi) is 5.34. The molecule has 1 aliphatic rings. The highest BCUT2D eigenvalue weighted by molar-refractivity contribution is 8.02. The van der Waals surface area contributed by atoms with Gasteiger partial charge in [-0.05, 0) is 11.1 Å². The molecule has 1 aliphatic heterocycles. The van der Waals surface area contributed by atoms with Crippen LogP contribution in [0.5, 0.6) is 0 Å². The number of nitrogens with zero attached hydrogens (tertiary/aromatic N) is 2. The first-order chi connectivity index (χ1) is 12.6. The monoisotopic (exact) mass is 365 g/mol. The molecule has 26 heavy (non-hydrogen) atoms. The standard InChI is InChI=1S/C19H15N3O3S/c20-11-17-16(14-4-2-1-3-5-14)10-18(23)21-19(17)26-12-13-6-8-15(9-7-13)22(24)25/h1-9,16H,10,12H2,(H,21,23)/t16-/m0/s1. The van der Waals surface area contributed by atoms with Crippen molar-refractivity contribution in [3.05, 3.63) is 86.4 Å². The van der Waals surface area contributed by atoms with Crippen molar-refractivity contribution < 1.29 is 9.72 Å². The summed E-state index contributed by atoms with van der Waals surface area (Å²) in [6.07, 6.45) is 0.245. The highest BCUT2D eigenvalue weighted by Crippen LogP contribution is 2.36. The minimum absolute atomic E-state index is 0.0331. The lowest BCUT2D eigenvalue weighted by atomic mass is 9.87. The first kappa shape index (κ1) is 17.7. The second kappa shape index (κ2) is 7.85. The smallest absolute Gasteiger partial charge is 0.269 e. The lowest BCUT2D eigenvalue weighted by Crippen LogP contribution is -2.30. The topological polar surface area (TPSA) is 96.0 Å². The van der Waals surface area contributed by atoms with Gasteiger partial charge in [0, 0.05) is 30.2 Å². The van der Waals surface area contributed by atoms with E-state index < -0.39 is 4.92 Å².